The van der Waals surface area contributed by atoms with Crippen LogP contribution in [0, 0.1) is 0 Å². The Bertz CT molecular complexity index is 371. The van der Waals surface area contributed by atoms with Gasteiger partial charge in [-0.15, -0.1) is 11.3 Å². The van der Waals surface area contributed by atoms with Crippen LogP contribution in [0.25, 0.3) is 0 Å². The third kappa shape index (κ3) is 4.44. The van der Waals surface area contributed by atoms with Crippen LogP contribution in [0.2, 0.25) is 0 Å². The van der Waals surface area contributed by atoms with Crippen LogP contribution in [0.15, 0.2) is 6.20 Å². The van der Waals surface area contributed by atoms with Crippen molar-refractivity contribution >= 4 is 16.5 Å². The molecule has 2 rings (SSSR count). The fraction of sp³-hybridized carbons (Fsp3) is 0.786. The molecule has 4 nitrogen and oxygen atoms in total. The molecule has 0 spiro atoms. The first-order valence-electron chi connectivity index (χ1n) is 7.26. The van der Waals surface area contributed by atoms with E-state index in [9.17, 15) is 0 Å². The molecule has 1 aliphatic heterocycles. The van der Waals surface area contributed by atoms with Crippen LogP contribution in [0.1, 0.15) is 31.1 Å². The van der Waals surface area contributed by atoms with Crippen molar-refractivity contribution in [2.24, 2.45) is 0 Å². The van der Waals surface area contributed by atoms with Crippen molar-refractivity contribution in [3.63, 3.8) is 0 Å². The van der Waals surface area contributed by atoms with E-state index in [1.165, 1.54) is 30.8 Å². The number of hydrogen-bond acceptors (Lipinski definition) is 5. The Labute approximate surface area is 120 Å². The van der Waals surface area contributed by atoms with Gasteiger partial charge in [0.1, 0.15) is 0 Å². The van der Waals surface area contributed by atoms with Crippen LogP contribution in [-0.2, 0) is 6.54 Å². The lowest BCUT2D eigenvalue weighted by Crippen LogP contribution is -2.41. The van der Waals surface area contributed by atoms with E-state index in [1.807, 2.05) is 6.20 Å². The van der Waals surface area contributed by atoms with Gasteiger partial charge in [0.2, 0.25) is 0 Å². The molecule has 5 heteroatoms. The second kappa shape index (κ2) is 7.22. The number of aromatic nitrogens is 1. The summed E-state index contributed by atoms with van der Waals surface area (Å²) >= 11 is 1.79. The van der Waals surface area contributed by atoms with Gasteiger partial charge in [-0.25, -0.2) is 4.98 Å². The van der Waals surface area contributed by atoms with Crippen LogP contribution >= 0.6 is 11.3 Å². The topological polar surface area (TPSA) is 31.4 Å². The second-order valence-electron chi connectivity index (χ2n) is 5.51. The molecule has 1 aromatic heterocycles. The summed E-state index contributed by atoms with van der Waals surface area (Å²) in [5.74, 6) is 0. The van der Waals surface area contributed by atoms with E-state index in [0.717, 1.165) is 30.7 Å². The molecular formula is C14H26N4S. The predicted octanol–water partition coefficient (Wildman–Crippen LogP) is 2.49. The number of hydrogen-bond donors (Lipinski definition) is 1. The van der Waals surface area contributed by atoms with Crippen molar-refractivity contribution in [3.8, 4) is 0 Å². The largest absolute Gasteiger partial charge is 0.362 e. The number of likely N-dealkylation sites (tertiary alicyclic amines) is 1. The molecule has 0 bridgehead atoms. The maximum absolute atomic E-state index is 4.44. The third-order valence-corrected chi connectivity index (χ3v) is 4.74. The number of nitrogens with one attached hydrogen (secondary N) is 1. The highest BCUT2D eigenvalue weighted by Crippen LogP contribution is 2.22. The van der Waals surface area contributed by atoms with Crippen LogP contribution in [0.4, 0.5) is 5.13 Å². The van der Waals surface area contributed by atoms with Gasteiger partial charge < -0.3 is 10.2 Å². The molecule has 19 heavy (non-hydrogen) atoms. The Kier molecular flexibility index (Phi) is 5.60. The van der Waals surface area contributed by atoms with Gasteiger partial charge in [0.05, 0.1) is 0 Å². The first kappa shape index (κ1) is 14.8. The van der Waals surface area contributed by atoms with Gasteiger partial charge in [-0.1, -0.05) is 6.92 Å². The van der Waals surface area contributed by atoms with Crippen LogP contribution < -0.4 is 5.32 Å². The molecule has 0 amide bonds. The van der Waals surface area contributed by atoms with Gasteiger partial charge in [-0.2, -0.15) is 0 Å². The van der Waals surface area contributed by atoms with Crippen molar-refractivity contribution in [2.45, 2.75) is 38.8 Å². The number of nitrogens with zero attached hydrogens (tertiary/aromatic N) is 3. The Morgan fingerprint density at radius 1 is 1.47 bits per heavy atom. The zero-order valence-electron chi connectivity index (χ0n) is 12.4. The Balaban J connectivity index is 1.81. The summed E-state index contributed by atoms with van der Waals surface area (Å²) in [4.78, 5) is 10.7. The van der Waals surface area contributed by atoms with Crippen molar-refractivity contribution < 1.29 is 0 Å². The summed E-state index contributed by atoms with van der Waals surface area (Å²) in [6, 6.07) is 0.727. The average Bonchev–Trinajstić information content (AvgIpc) is 2.84. The molecule has 1 saturated heterocycles. The maximum Gasteiger partial charge on any atom is 0.182 e. The number of rotatable bonds is 6. The van der Waals surface area contributed by atoms with Gasteiger partial charge in [-0.3, -0.25) is 4.90 Å². The lowest BCUT2D eigenvalue weighted by Gasteiger charge is -2.34. The first-order chi connectivity index (χ1) is 9.19. The Morgan fingerprint density at radius 2 is 2.21 bits per heavy atom. The highest BCUT2D eigenvalue weighted by Gasteiger charge is 2.20. The molecule has 0 aromatic carbocycles. The van der Waals surface area contributed by atoms with E-state index >= 15 is 0 Å². The Morgan fingerprint density at radius 3 is 2.89 bits per heavy atom. The highest BCUT2D eigenvalue weighted by molar-refractivity contribution is 7.15. The maximum atomic E-state index is 4.44. The van der Waals surface area contributed by atoms with Crippen molar-refractivity contribution in [1.82, 2.24) is 14.8 Å². The second-order valence-corrected chi connectivity index (χ2v) is 6.62. The van der Waals surface area contributed by atoms with Gasteiger partial charge in [0.25, 0.3) is 0 Å². The van der Waals surface area contributed by atoms with E-state index in [2.05, 4.69) is 41.1 Å². The summed E-state index contributed by atoms with van der Waals surface area (Å²) in [5.41, 5.74) is 0. The summed E-state index contributed by atoms with van der Waals surface area (Å²) < 4.78 is 0. The smallest absolute Gasteiger partial charge is 0.182 e. The number of thiazole rings is 1. The van der Waals surface area contributed by atoms with Crippen molar-refractivity contribution in [1.29, 1.82) is 0 Å². The van der Waals surface area contributed by atoms with Gasteiger partial charge in [0, 0.05) is 30.2 Å². The number of anilines is 1. The van der Waals surface area contributed by atoms with E-state index in [1.54, 1.807) is 11.3 Å². The minimum Gasteiger partial charge on any atom is -0.362 e. The zero-order chi connectivity index (χ0) is 13.7. The molecule has 0 saturated carbocycles. The molecule has 0 aliphatic carbocycles. The standard InChI is InChI=1S/C14H26N4S/c1-4-7-15-14-16-10-13(19-14)11-18(3)12-5-8-17(2)9-6-12/h10,12H,4-9,11H2,1-3H3,(H,15,16). The Hall–Kier alpha value is -0.650. The lowest BCUT2D eigenvalue weighted by molar-refractivity contribution is 0.140. The van der Waals surface area contributed by atoms with Gasteiger partial charge in [-0.05, 0) is 46.4 Å². The summed E-state index contributed by atoms with van der Waals surface area (Å²) in [6.07, 6.45) is 5.73. The highest BCUT2D eigenvalue weighted by atomic mass is 32.1. The average molecular weight is 282 g/mol. The minimum absolute atomic E-state index is 0.727. The van der Waals surface area contributed by atoms with Gasteiger partial charge in [0.15, 0.2) is 5.13 Å². The van der Waals surface area contributed by atoms with Crippen LogP contribution in [-0.4, -0.2) is 54.6 Å². The van der Waals surface area contributed by atoms with Crippen molar-refractivity contribution in [2.75, 3.05) is 39.0 Å². The molecule has 1 aliphatic rings. The van der Waals surface area contributed by atoms with E-state index in [4.69, 9.17) is 0 Å². The van der Waals surface area contributed by atoms with Crippen LogP contribution in [0.3, 0.4) is 0 Å². The fourth-order valence-electron chi connectivity index (χ4n) is 2.50. The van der Waals surface area contributed by atoms with Crippen LogP contribution in [0.5, 0.6) is 0 Å². The van der Waals surface area contributed by atoms with E-state index < -0.39 is 0 Å². The normalized spacial score (nSPS) is 18.1. The SMILES string of the molecule is CCCNc1ncc(CN(C)C2CCN(C)CC2)s1. The van der Waals surface area contributed by atoms with Crippen molar-refractivity contribution in [3.05, 3.63) is 11.1 Å². The fourth-order valence-corrected chi connectivity index (χ4v) is 3.41. The first-order valence-corrected chi connectivity index (χ1v) is 8.08. The summed E-state index contributed by atoms with van der Waals surface area (Å²) in [7, 11) is 4.46. The summed E-state index contributed by atoms with van der Waals surface area (Å²) in [6.45, 7) is 6.66. The number of piperidine rings is 1. The molecule has 1 N–H and O–H groups in total. The monoisotopic (exact) mass is 282 g/mol. The quantitative estimate of drug-likeness (QED) is 0.868. The molecule has 1 aromatic rings. The third-order valence-electron chi connectivity index (χ3n) is 3.80. The molecule has 0 radical (unpaired) electrons. The predicted molar refractivity (Wildman–Crippen MR) is 82.9 cm³/mol. The molecule has 108 valence electrons. The molecule has 0 atom stereocenters. The molecule has 2 heterocycles. The van der Waals surface area contributed by atoms with E-state index in [0.29, 0.717) is 0 Å². The lowest BCUT2D eigenvalue weighted by atomic mass is 10.0. The molecular weight excluding hydrogens is 256 g/mol. The van der Waals surface area contributed by atoms with Gasteiger partial charge >= 0.3 is 0 Å². The van der Waals surface area contributed by atoms with E-state index in [-0.39, 0.29) is 0 Å². The summed E-state index contributed by atoms with van der Waals surface area (Å²) in [5, 5.41) is 4.42. The molecule has 1 fully saturated rings. The minimum atomic E-state index is 0.727. The molecule has 0 unspecified atom stereocenters. The zero-order valence-corrected chi connectivity index (χ0v) is 13.2.